The van der Waals surface area contributed by atoms with Crippen LogP contribution in [0.3, 0.4) is 0 Å². The highest BCUT2D eigenvalue weighted by Gasteiger charge is 2.45. The summed E-state index contributed by atoms with van der Waals surface area (Å²) in [5, 5.41) is 18.3. The number of aliphatic hydroxyl groups is 1. The van der Waals surface area contributed by atoms with Gasteiger partial charge in [0.2, 0.25) is 5.91 Å². The van der Waals surface area contributed by atoms with Crippen molar-refractivity contribution < 1.29 is 28.9 Å². The van der Waals surface area contributed by atoms with Gasteiger partial charge in [0.1, 0.15) is 11.4 Å². The molecule has 3 heterocycles. The summed E-state index contributed by atoms with van der Waals surface area (Å²) in [6.45, 7) is 4.46. The maximum absolute atomic E-state index is 13.5. The van der Waals surface area contributed by atoms with Crippen molar-refractivity contribution in [2.24, 2.45) is 5.92 Å². The fourth-order valence-corrected chi connectivity index (χ4v) is 6.83. The molecule has 3 fully saturated rings. The van der Waals surface area contributed by atoms with Gasteiger partial charge in [0.15, 0.2) is 6.10 Å². The second kappa shape index (κ2) is 13.3. The van der Waals surface area contributed by atoms with Gasteiger partial charge in [-0.05, 0) is 55.7 Å². The molecule has 1 spiro atoms. The highest BCUT2D eigenvalue weighted by molar-refractivity contribution is 5.84. The molecular formula is C34H45N3O6. The van der Waals surface area contributed by atoms with Crippen molar-refractivity contribution in [3.63, 3.8) is 0 Å². The molecule has 3 unspecified atom stereocenters. The van der Waals surface area contributed by atoms with Crippen molar-refractivity contribution in [2.75, 3.05) is 39.5 Å². The summed E-state index contributed by atoms with van der Waals surface area (Å²) >= 11 is 0. The van der Waals surface area contributed by atoms with E-state index < -0.39 is 18.2 Å². The third-order valence-electron chi connectivity index (χ3n) is 9.64. The zero-order valence-electron chi connectivity index (χ0n) is 25.1. The highest BCUT2D eigenvalue weighted by Crippen LogP contribution is 2.49. The Hall–Kier alpha value is -2.98. The Labute approximate surface area is 254 Å². The number of benzene rings is 2. The Bertz CT molecular complexity index is 1260. The molecule has 6 rings (SSSR count). The molecule has 3 aliphatic heterocycles. The van der Waals surface area contributed by atoms with Crippen LogP contribution >= 0.6 is 0 Å². The van der Waals surface area contributed by atoms with Crippen molar-refractivity contribution in [1.29, 1.82) is 0 Å². The highest BCUT2D eigenvalue weighted by atomic mass is 16.5. The molecule has 9 nitrogen and oxygen atoms in total. The fourth-order valence-electron chi connectivity index (χ4n) is 6.83. The number of rotatable bonds is 10. The van der Waals surface area contributed by atoms with Crippen LogP contribution in [0.4, 0.5) is 0 Å². The summed E-state index contributed by atoms with van der Waals surface area (Å²) < 4.78 is 17.7. The Morgan fingerprint density at radius 3 is 2.67 bits per heavy atom. The van der Waals surface area contributed by atoms with Gasteiger partial charge in [-0.1, -0.05) is 49.4 Å². The summed E-state index contributed by atoms with van der Waals surface area (Å²) in [5.74, 6) is 0.499. The van der Waals surface area contributed by atoms with E-state index in [0.717, 1.165) is 42.6 Å². The minimum atomic E-state index is -0.848. The van der Waals surface area contributed by atoms with Gasteiger partial charge in [0, 0.05) is 37.7 Å². The summed E-state index contributed by atoms with van der Waals surface area (Å²) in [4.78, 5) is 28.2. The van der Waals surface area contributed by atoms with Crippen LogP contribution < -0.4 is 15.4 Å². The van der Waals surface area contributed by atoms with E-state index in [0.29, 0.717) is 45.8 Å². The molecule has 1 aliphatic carbocycles. The van der Waals surface area contributed by atoms with E-state index in [-0.39, 0.29) is 35.9 Å². The summed E-state index contributed by atoms with van der Waals surface area (Å²) in [6.07, 6.45) is 4.62. The van der Waals surface area contributed by atoms with Crippen LogP contribution in [0.1, 0.15) is 61.8 Å². The van der Waals surface area contributed by atoms with Gasteiger partial charge in [-0.25, -0.2) is 0 Å². The number of carbonyl (C=O) groups excluding carboxylic acids is 2. The predicted molar refractivity (Wildman–Crippen MR) is 162 cm³/mol. The number of carbonyl (C=O) groups is 2. The quantitative estimate of drug-likeness (QED) is 0.390. The van der Waals surface area contributed by atoms with Crippen LogP contribution in [0.25, 0.3) is 0 Å². The molecule has 2 aromatic rings. The number of morpholine rings is 1. The van der Waals surface area contributed by atoms with Gasteiger partial charge >= 0.3 is 0 Å². The number of hydrogen-bond acceptors (Lipinski definition) is 7. The zero-order valence-corrected chi connectivity index (χ0v) is 25.1. The lowest BCUT2D eigenvalue weighted by atomic mass is 9.72. The van der Waals surface area contributed by atoms with Gasteiger partial charge in [-0.15, -0.1) is 0 Å². The smallest absolute Gasteiger partial charge is 0.251 e. The molecule has 0 aromatic heterocycles. The van der Waals surface area contributed by atoms with Crippen LogP contribution in [0.15, 0.2) is 48.5 Å². The van der Waals surface area contributed by atoms with Gasteiger partial charge < -0.3 is 34.9 Å². The topological polar surface area (TPSA) is 109 Å². The number of nitrogens with one attached hydrogen (secondary N) is 2. The maximum Gasteiger partial charge on any atom is 0.251 e. The first-order valence-electron chi connectivity index (χ1n) is 16.0. The molecule has 0 radical (unpaired) electrons. The molecule has 1 saturated carbocycles. The molecular weight excluding hydrogens is 546 g/mol. The summed E-state index contributed by atoms with van der Waals surface area (Å²) in [7, 11) is 0. The normalized spacial score (nSPS) is 25.7. The Kier molecular flexibility index (Phi) is 9.33. The lowest BCUT2D eigenvalue weighted by Crippen LogP contribution is -2.57. The number of fused-ring (bicyclic) bond motifs is 1. The number of hydrogen-bond donors (Lipinski definition) is 3. The second-order valence-corrected chi connectivity index (χ2v) is 12.6. The Balaban J connectivity index is 1.13. The zero-order chi connectivity index (χ0) is 29.8. The molecule has 43 heavy (non-hydrogen) atoms. The Morgan fingerprint density at radius 1 is 1.12 bits per heavy atom. The largest absolute Gasteiger partial charge is 0.487 e. The first-order chi connectivity index (χ1) is 20.9. The van der Waals surface area contributed by atoms with Crippen molar-refractivity contribution in [1.82, 2.24) is 15.5 Å². The number of aryl methyl sites for hydroxylation is 1. The van der Waals surface area contributed by atoms with E-state index in [9.17, 15) is 14.7 Å². The third kappa shape index (κ3) is 6.90. The standard InChI is InChI=1S/C34H45N3O6/c1-2-23-9-10-30-26(17-23)28(19-34(43-30)12-6-13-34)35-20-29(38)27(18-24-7-4-3-5-8-24)36-32(39)31-21-37(14-16-42-31)33(40)25-11-15-41-22-25/h3-5,7-10,17,25,27-29,31,35,38H,2,6,11-16,18-22H2,1H3,(H,36,39)/t25?,27-,28?,29+,31?/m0/s1. The SMILES string of the molecule is CCc1ccc2c(c1)C(NC[C@@H](O)[C@H](Cc1ccccc1)NC(=O)C1CN(C(=O)C3CCOC3)CCO1)CC1(CCC1)O2. The molecule has 4 aliphatic rings. The minimum Gasteiger partial charge on any atom is -0.487 e. The Morgan fingerprint density at radius 2 is 1.95 bits per heavy atom. The maximum atomic E-state index is 13.5. The van der Waals surface area contributed by atoms with Crippen LogP contribution in [-0.4, -0.2) is 85.1 Å². The number of aliphatic hydroxyl groups excluding tert-OH is 1. The molecule has 2 amide bonds. The van der Waals surface area contributed by atoms with Gasteiger partial charge in [0.25, 0.3) is 5.91 Å². The van der Waals surface area contributed by atoms with Crippen molar-refractivity contribution in [2.45, 2.75) is 81.8 Å². The average Bonchev–Trinajstić information content (AvgIpc) is 3.57. The van der Waals surface area contributed by atoms with Crippen molar-refractivity contribution in [3.05, 3.63) is 65.2 Å². The number of amides is 2. The van der Waals surface area contributed by atoms with Gasteiger partial charge in [-0.2, -0.15) is 0 Å². The summed E-state index contributed by atoms with van der Waals surface area (Å²) in [5.41, 5.74) is 3.29. The van der Waals surface area contributed by atoms with Crippen LogP contribution in [0, 0.1) is 5.92 Å². The van der Waals surface area contributed by atoms with Gasteiger partial charge in [0.05, 0.1) is 37.8 Å². The molecule has 0 bridgehead atoms. The first kappa shape index (κ1) is 30.1. The molecule has 5 atom stereocenters. The average molecular weight is 592 g/mol. The first-order valence-corrected chi connectivity index (χ1v) is 16.0. The number of nitrogens with zero attached hydrogens (tertiary/aromatic N) is 1. The molecule has 232 valence electrons. The molecule has 2 saturated heterocycles. The van der Waals surface area contributed by atoms with E-state index in [2.05, 4.69) is 35.8 Å². The van der Waals surface area contributed by atoms with Crippen molar-refractivity contribution >= 4 is 11.8 Å². The fraction of sp³-hybridized carbons (Fsp3) is 0.588. The molecule has 2 aromatic carbocycles. The van der Waals surface area contributed by atoms with Gasteiger partial charge in [-0.3, -0.25) is 9.59 Å². The third-order valence-corrected chi connectivity index (χ3v) is 9.64. The lowest BCUT2D eigenvalue weighted by Gasteiger charge is -2.48. The van der Waals surface area contributed by atoms with Crippen LogP contribution in [0.5, 0.6) is 5.75 Å². The number of ether oxygens (including phenoxy) is 3. The van der Waals surface area contributed by atoms with E-state index in [1.165, 1.54) is 12.0 Å². The van der Waals surface area contributed by atoms with Crippen LogP contribution in [0.2, 0.25) is 0 Å². The minimum absolute atomic E-state index is 0.0240. The predicted octanol–water partition coefficient (Wildman–Crippen LogP) is 2.94. The molecule has 9 heteroatoms. The van der Waals surface area contributed by atoms with Crippen molar-refractivity contribution in [3.8, 4) is 5.75 Å². The van der Waals surface area contributed by atoms with E-state index in [4.69, 9.17) is 14.2 Å². The van der Waals surface area contributed by atoms with E-state index in [1.807, 2.05) is 30.3 Å². The summed E-state index contributed by atoms with van der Waals surface area (Å²) in [6, 6.07) is 15.8. The van der Waals surface area contributed by atoms with E-state index >= 15 is 0 Å². The van der Waals surface area contributed by atoms with E-state index in [1.54, 1.807) is 4.90 Å². The monoisotopic (exact) mass is 591 g/mol. The van der Waals surface area contributed by atoms with Crippen LogP contribution in [-0.2, 0) is 31.9 Å². The second-order valence-electron chi connectivity index (χ2n) is 12.6. The molecule has 3 N–H and O–H groups in total. The lowest BCUT2D eigenvalue weighted by molar-refractivity contribution is -0.150.